The van der Waals surface area contributed by atoms with Gasteiger partial charge in [-0.2, -0.15) is 0 Å². The highest BCUT2D eigenvalue weighted by Gasteiger charge is 2.25. The van der Waals surface area contributed by atoms with E-state index in [1.807, 2.05) is 32.9 Å². The number of ether oxygens (including phenoxy) is 2. The Morgan fingerprint density at radius 2 is 1.91 bits per heavy atom. The van der Waals surface area contributed by atoms with Crippen LogP contribution in [0.3, 0.4) is 0 Å². The maximum atomic E-state index is 12.5. The van der Waals surface area contributed by atoms with E-state index in [2.05, 4.69) is 21.9 Å². The van der Waals surface area contributed by atoms with Crippen molar-refractivity contribution in [1.82, 2.24) is 10.3 Å². The van der Waals surface area contributed by atoms with Gasteiger partial charge in [-0.25, -0.2) is 9.59 Å². The Morgan fingerprint density at radius 3 is 2.56 bits per heavy atom. The van der Waals surface area contributed by atoms with Crippen molar-refractivity contribution in [2.45, 2.75) is 64.5 Å². The molecule has 1 atom stereocenters. The standard InChI is InChI=1S/C26H34N4O4/c1-6-9-22(30-25(32)34-26(2,3)4)23-15-19(18-10-7-8-11-21(18)29-23)17-13-12-16(14-20(17)27)28-24(31)33-5/h6,12-15,22H,1,7-11,27H2,2-5H3,(H,28,31)(H,30,32)/t22-/m0/s1. The summed E-state index contributed by atoms with van der Waals surface area (Å²) in [5.74, 6) is 0. The van der Waals surface area contributed by atoms with Crippen molar-refractivity contribution in [3.63, 3.8) is 0 Å². The van der Waals surface area contributed by atoms with Gasteiger partial charge in [0.2, 0.25) is 0 Å². The molecule has 1 aliphatic rings. The Hall–Kier alpha value is -3.55. The van der Waals surface area contributed by atoms with Gasteiger partial charge in [-0.05, 0) is 82.2 Å². The van der Waals surface area contributed by atoms with Gasteiger partial charge in [0.15, 0.2) is 0 Å². The fourth-order valence-corrected chi connectivity index (χ4v) is 4.07. The number of methoxy groups -OCH3 is 1. The summed E-state index contributed by atoms with van der Waals surface area (Å²) in [4.78, 5) is 29.0. The molecule has 0 spiro atoms. The molecule has 0 saturated heterocycles. The molecule has 0 fully saturated rings. The summed E-state index contributed by atoms with van der Waals surface area (Å²) >= 11 is 0. The first kappa shape index (κ1) is 25.1. The van der Waals surface area contributed by atoms with Crippen LogP contribution in [-0.4, -0.2) is 29.9 Å². The monoisotopic (exact) mass is 466 g/mol. The van der Waals surface area contributed by atoms with Crippen LogP contribution in [0.2, 0.25) is 0 Å². The predicted octanol–water partition coefficient (Wildman–Crippen LogP) is 5.53. The number of nitrogens with zero attached hydrogens (tertiary/aromatic N) is 1. The van der Waals surface area contributed by atoms with E-state index in [-0.39, 0.29) is 6.04 Å². The second-order valence-corrected chi connectivity index (χ2v) is 9.37. The number of hydrogen-bond donors (Lipinski definition) is 3. The third kappa shape index (κ3) is 6.27. The third-order valence-electron chi connectivity index (χ3n) is 5.54. The van der Waals surface area contributed by atoms with Crippen molar-refractivity contribution in [2.75, 3.05) is 18.2 Å². The first-order chi connectivity index (χ1) is 16.1. The van der Waals surface area contributed by atoms with Gasteiger partial charge in [0.05, 0.1) is 18.8 Å². The minimum atomic E-state index is -0.605. The van der Waals surface area contributed by atoms with Gasteiger partial charge in [0.25, 0.3) is 0 Å². The molecule has 1 aromatic heterocycles. The van der Waals surface area contributed by atoms with Crippen LogP contribution in [0.5, 0.6) is 0 Å². The lowest BCUT2D eigenvalue weighted by molar-refractivity contribution is 0.0502. The maximum absolute atomic E-state index is 12.5. The second-order valence-electron chi connectivity index (χ2n) is 9.37. The van der Waals surface area contributed by atoms with Gasteiger partial charge in [0, 0.05) is 22.6 Å². The van der Waals surface area contributed by atoms with E-state index in [0.717, 1.165) is 48.2 Å². The van der Waals surface area contributed by atoms with E-state index in [9.17, 15) is 9.59 Å². The van der Waals surface area contributed by atoms with Crippen LogP contribution in [0.1, 0.15) is 63.0 Å². The highest BCUT2D eigenvalue weighted by atomic mass is 16.6. The predicted molar refractivity (Wildman–Crippen MR) is 134 cm³/mol. The quantitative estimate of drug-likeness (QED) is 0.381. The summed E-state index contributed by atoms with van der Waals surface area (Å²) in [6.07, 6.45) is 5.11. The molecule has 1 aliphatic carbocycles. The number of anilines is 2. The van der Waals surface area contributed by atoms with Crippen LogP contribution in [0.4, 0.5) is 21.0 Å². The summed E-state index contributed by atoms with van der Waals surface area (Å²) in [6, 6.07) is 6.99. The number of aryl methyl sites for hydroxylation is 1. The molecule has 1 aromatic carbocycles. The molecule has 2 amide bonds. The summed E-state index contributed by atoms with van der Waals surface area (Å²) in [5.41, 5.74) is 11.7. The molecule has 0 unspecified atom stereocenters. The van der Waals surface area contributed by atoms with Gasteiger partial charge in [-0.1, -0.05) is 12.1 Å². The number of benzene rings is 1. The minimum absolute atomic E-state index is 0.389. The van der Waals surface area contributed by atoms with E-state index < -0.39 is 17.8 Å². The number of aromatic nitrogens is 1. The Labute approximate surface area is 200 Å². The van der Waals surface area contributed by atoms with Gasteiger partial charge >= 0.3 is 12.2 Å². The van der Waals surface area contributed by atoms with Crippen LogP contribution in [0.25, 0.3) is 11.1 Å². The van der Waals surface area contributed by atoms with Crippen molar-refractivity contribution in [3.8, 4) is 11.1 Å². The number of carbonyl (C=O) groups excluding carboxylic acids is 2. The van der Waals surface area contributed by atoms with Crippen molar-refractivity contribution >= 4 is 23.6 Å². The highest BCUT2D eigenvalue weighted by molar-refractivity contribution is 5.88. The van der Waals surface area contributed by atoms with Crippen LogP contribution >= 0.6 is 0 Å². The fourth-order valence-electron chi connectivity index (χ4n) is 4.07. The number of alkyl carbamates (subject to hydrolysis) is 1. The van der Waals surface area contributed by atoms with Crippen molar-refractivity contribution < 1.29 is 19.1 Å². The number of fused-ring (bicyclic) bond motifs is 1. The number of nitrogens with one attached hydrogen (secondary N) is 2. The zero-order chi connectivity index (χ0) is 24.9. The average molecular weight is 467 g/mol. The SMILES string of the molecule is C=CC[C@H](NC(=O)OC(C)(C)C)c1cc(-c2ccc(NC(=O)OC)cc2N)c2c(n1)CCCC2. The Bertz CT molecular complexity index is 1080. The van der Waals surface area contributed by atoms with E-state index in [0.29, 0.717) is 17.8 Å². The van der Waals surface area contributed by atoms with Gasteiger partial charge < -0.3 is 20.5 Å². The zero-order valence-corrected chi connectivity index (χ0v) is 20.4. The number of hydrogen-bond acceptors (Lipinski definition) is 6. The van der Waals surface area contributed by atoms with Gasteiger partial charge in [-0.15, -0.1) is 6.58 Å². The molecule has 182 valence electrons. The number of pyridine rings is 1. The van der Waals surface area contributed by atoms with E-state index >= 15 is 0 Å². The number of carbonyl (C=O) groups is 2. The average Bonchev–Trinajstić information content (AvgIpc) is 2.77. The first-order valence-corrected chi connectivity index (χ1v) is 11.5. The largest absolute Gasteiger partial charge is 0.453 e. The van der Waals surface area contributed by atoms with Gasteiger partial charge in [-0.3, -0.25) is 10.3 Å². The molecule has 1 heterocycles. The zero-order valence-electron chi connectivity index (χ0n) is 20.4. The highest BCUT2D eigenvalue weighted by Crippen LogP contribution is 2.37. The second kappa shape index (κ2) is 10.6. The van der Waals surface area contributed by atoms with Crippen LogP contribution in [0.15, 0.2) is 36.9 Å². The third-order valence-corrected chi connectivity index (χ3v) is 5.54. The molecule has 3 rings (SSSR count). The molecule has 0 aliphatic heterocycles. The number of rotatable bonds is 6. The maximum Gasteiger partial charge on any atom is 0.411 e. The smallest absolute Gasteiger partial charge is 0.411 e. The van der Waals surface area contributed by atoms with E-state index in [1.165, 1.54) is 12.7 Å². The molecule has 2 aromatic rings. The summed E-state index contributed by atoms with van der Waals surface area (Å²) in [5, 5.41) is 5.57. The lowest BCUT2D eigenvalue weighted by atomic mass is 9.87. The van der Waals surface area contributed by atoms with Crippen molar-refractivity contribution in [3.05, 3.63) is 53.9 Å². The lowest BCUT2D eigenvalue weighted by Crippen LogP contribution is -2.35. The number of nitrogen functional groups attached to an aromatic ring is 1. The molecule has 8 nitrogen and oxygen atoms in total. The molecule has 0 saturated carbocycles. The summed E-state index contributed by atoms with van der Waals surface area (Å²) < 4.78 is 10.1. The topological polar surface area (TPSA) is 116 Å². The molecule has 0 bridgehead atoms. The van der Waals surface area contributed by atoms with Crippen molar-refractivity contribution in [2.24, 2.45) is 0 Å². The van der Waals surface area contributed by atoms with E-state index in [4.69, 9.17) is 15.5 Å². The first-order valence-electron chi connectivity index (χ1n) is 11.5. The van der Waals surface area contributed by atoms with Crippen LogP contribution < -0.4 is 16.4 Å². The Balaban J connectivity index is 2.02. The summed E-state index contributed by atoms with van der Waals surface area (Å²) in [7, 11) is 1.31. The van der Waals surface area contributed by atoms with E-state index in [1.54, 1.807) is 18.2 Å². The van der Waals surface area contributed by atoms with Crippen LogP contribution in [0, 0.1) is 0 Å². The summed E-state index contributed by atoms with van der Waals surface area (Å²) in [6.45, 7) is 9.32. The number of nitrogens with two attached hydrogens (primary N) is 1. The minimum Gasteiger partial charge on any atom is -0.453 e. The molecule has 8 heteroatoms. The Morgan fingerprint density at radius 1 is 1.18 bits per heavy atom. The molecular formula is C26H34N4O4. The van der Waals surface area contributed by atoms with Crippen LogP contribution in [-0.2, 0) is 22.3 Å². The number of amides is 2. The Kier molecular flexibility index (Phi) is 7.81. The van der Waals surface area contributed by atoms with Gasteiger partial charge in [0.1, 0.15) is 5.60 Å². The van der Waals surface area contributed by atoms with Crippen molar-refractivity contribution in [1.29, 1.82) is 0 Å². The fraction of sp³-hybridized carbons (Fsp3) is 0.423. The molecular weight excluding hydrogens is 432 g/mol. The molecule has 4 N–H and O–H groups in total. The molecule has 0 radical (unpaired) electrons. The lowest BCUT2D eigenvalue weighted by Gasteiger charge is -2.26. The normalized spacial score (nSPS) is 13.9. The molecule has 34 heavy (non-hydrogen) atoms.